The fourth-order valence-electron chi connectivity index (χ4n) is 1.79. The second-order valence-corrected chi connectivity index (χ2v) is 5.24. The Hall–Kier alpha value is -2.34. The van der Waals surface area contributed by atoms with Gasteiger partial charge in [-0.3, -0.25) is 4.79 Å². The Morgan fingerprint density at radius 3 is 2.59 bits per heavy atom. The molecule has 6 heteroatoms. The molecule has 0 radical (unpaired) electrons. The van der Waals surface area contributed by atoms with Crippen molar-refractivity contribution < 1.29 is 14.3 Å². The van der Waals surface area contributed by atoms with Crippen molar-refractivity contribution in [1.82, 2.24) is 5.43 Å². The Morgan fingerprint density at radius 2 is 1.91 bits per heavy atom. The molecule has 0 spiro atoms. The number of carbonyl (C=O) groups is 1. The van der Waals surface area contributed by atoms with E-state index in [0.717, 1.165) is 10.0 Å². The number of benzene rings is 2. The van der Waals surface area contributed by atoms with Gasteiger partial charge < -0.3 is 9.47 Å². The summed E-state index contributed by atoms with van der Waals surface area (Å²) in [6, 6.07) is 12.5. The van der Waals surface area contributed by atoms with E-state index in [1.807, 2.05) is 24.3 Å². The van der Waals surface area contributed by atoms with Crippen LogP contribution in [0.25, 0.3) is 0 Å². The molecule has 0 heterocycles. The lowest BCUT2D eigenvalue weighted by Crippen LogP contribution is -2.17. The monoisotopic (exact) mass is 362 g/mol. The zero-order chi connectivity index (χ0) is 15.9. The normalized spacial score (nSPS) is 10.5. The molecule has 1 N–H and O–H groups in total. The summed E-state index contributed by atoms with van der Waals surface area (Å²) in [6.07, 6.45) is 1.57. The number of rotatable bonds is 5. The zero-order valence-electron chi connectivity index (χ0n) is 12.2. The maximum Gasteiger partial charge on any atom is 0.271 e. The molecule has 114 valence electrons. The molecule has 0 fully saturated rings. The Bertz CT molecular complexity index is 702. The predicted octanol–water partition coefficient (Wildman–Crippen LogP) is 3.23. The van der Waals surface area contributed by atoms with E-state index in [1.165, 1.54) is 7.11 Å². The lowest BCUT2D eigenvalue weighted by Gasteiger charge is -2.08. The molecule has 0 atom stereocenters. The van der Waals surface area contributed by atoms with Crippen LogP contribution >= 0.6 is 15.9 Å². The Balaban J connectivity index is 2.06. The summed E-state index contributed by atoms with van der Waals surface area (Å²) >= 11 is 3.37. The number of amides is 1. The molecule has 1 amide bonds. The Kier molecular flexibility index (Phi) is 5.55. The summed E-state index contributed by atoms with van der Waals surface area (Å²) in [6.45, 7) is 0. The second-order valence-electron chi connectivity index (χ2n) is 4.32. The highest BCUT2D eigenvalue weighted by Crippen LogP contribution is 2.27. The number of methoxy groups -OCH3 is 2. The van der Waals surface area contributed by atoms with Crippen LogP contribution in [0.1, 0.15) is 15.9 Å². The van der Waals surface area contributed by atoms with Crippen molar-refractivity contribution in [3.63, 3.8) is 0 Å². The van der Waals surface area contributed by atoms with Gasteiger partial charge in [0.1, 0.15) is 0 Å². The minimum absolute atomic E-state index is 0.327. The lowest BCUT2D eigenvalue weighted by molar-refractivity contribution is 0.0954. The highest BCUT2D eigenvalue weighted by Gasteiger charge is 2.09. The number of carbonyl (C=O) groups excluding carboxylic acids is 1. The first-order valence-electron chi connectivity index (χ1n) is 6.45. The molecule has 0 saturated heterocycles. The van der Waals surface area contributed by atoms with Crippen molar-refractivity contribution in [3.05, 3.63) is 58.1 Å². The Morgan fingerprint density at radius 1 is 1.14 bits per heavy atom. The van der Waals surface area contributed by atoms with Crippen molar-refractivity contribution in [1.29, 1.82) is 0 Å². The molecule has 2 aromatic rings. The van der Waals surface area contributed by atoms with Gasteiger partial charge in [0.15, 0.2) is 11.5 Å². The van der Waals surface area contributed by atoms with E-state index in [-0.39, 0.29) is 5.91 Å². The third-order valence-corrected chi connectivity index (χ3v) is 3.37. The van der Waals surface area contributed by atoms with Crippen LogP contribution < -0.4 is 14.9 Å². The van der Waals surface area contributed by atoms with Crippen molar-refractivity contribution in [2.24, 2.45) is 5.10 Å². The van der Waals surface area contributed by atoms with E-state index in [2.05, 4.69) is 26.5 Å². The highest BCUT2D eigenvalue weighted by atomic mass is 79.9. The summed E-state index contributed by atoms with van der Waals surface area (Å²) in [5, 5.41) is 3.94. The molecule has 0 bridgehead atoms. The van der Waals surface area contributed by atoms with Crippen LogP contribution in [0.5, 0.6) is 11.5 Å². The SMILES string of the molecule is COc1ccc(C(=O)NN=Cc2cccc(Br)c2)cc1OC. The van der Waals surface area contributed by atoms with Crippen LogP contribution in [0.2, 0.25) is 0 Å². The smallest absolute Gasteiger partial charge is 0.271 e. The highest BCUT2D eigenvalue weighted by molar-refractivity contribution is 9.10. The third-order valence-electron chi connectivity index (χ3n) is 2.87. The van der Waals surface area contributed by atoms with Gasteiger partial charge in [0.25, 0.3) is 5.91 Å². The van der Waals surface area contributed by atoms with Gasteiger partial charge in [0, 0.05) is 10.0 Å². The Labute approximate surface area is 137 Å². The predicted molar refractivity (Wildman–Crippen MR) is 88.7 cm³/mol. The lowest BCUT2D eigenvalue weighted by atomic mass is 10.2. The fourth-order valence-corrected chi connectivity index (χ4v) is 2.21. The zero-order valence-corrected chi connectivity index (χ0v) is 13.8. The largest absolute Gasteiger partial charge is 0.493 e. The summed E-state index contributed by atoms with van der Waals surface area (Å²) in [4.78, 5) is 12.0. The minimum atomic E-state index is -0.327. The van der Waals surface area contributed by atoms with Crippen LogP contribution in [0, 0.1) is 0 Å². The molecule has 0 aliphatic heterocycles. The topological polar surface area (TPSA) is 59.9 Å². The average Bonchev–Trinajstić information content (AvgIpc) is 2.54. The number of hydrogen-bond acceptors (Lipinski definition) is 4. The molecular formula is C16H15BrN2O3. The van der Waals surface area contributed by atoms with Gasteiger partial charge in [-0.25, -0.2) is 5.43 Å². The van der Waals surface area contributed by atoms with Crippen molar-refractivity contribution >= 4 is 28.1 Å². The minimum Gasteiger partial charge on any atom is -0.493 e. The van der Waals surface area contributed by atoms with E-state index < -0.39 is 0 Å². The molecular weight excluding hydrogens is 348 g/mol. The molecule has 0 aliphatic rings. The molecule has 0 saturated carbocycles. The molecule has 0 unspecified atom stereocenters. The summed E-state index contributed by atoms with van der Waals surface area (Å²) in [5.74, 6) is 0.731. The summed E-state index contributed by atoms with van der Waals surface area (Å²) in [7, 11) is 3.06. The van der Waals surface area contributed by atoms with Crippen LogP contribution in [0.15, 0.2) is 52.0 Å². The third kappa shape index (κ3) is 4.08. The first kappa shape index (κ1) is 16.0. The van der Waals surface area contributed by atoms with Gasteiger partial charge in [-0.15, -0.1) is 0 Å². The quantitative estimate of drug-likeness (QED) is 0.656. The van der Waals surface area contributed by atoms with Crippen molar-refractivity contribution in [3.8, 4) is 11.5 Å². The molecule has 22 heavy (non-hydrogen) atoms. The van der Waals surface area contributed by atoms with Crippen LogP contribution in [-0.2, 0) is 0 Å². The first-order chi connectivity index (χ1) is 10.6. The number of hydrogen-bond donors (Lipinski definition) is 1. The van der Waals surface area contributed by atoms with Crippen molar-refractivity contribution in [2.45, 2.75) is 0 Å². The van der Waals surface area contributed by atoms with E-state index in [9.17, 15) is 4.79 Å². The number of halogens is 1. The molecule has 2 aromatic carbocycles. The van der Waals surface area contributed by atoms with Gasteiger partial charge in [-0.05, 0) is 35.9 Å². The van der Waals surface area contributed by atoms with E-state index in [0.29, 0.717) is 17.1 Å². The summed E-state index contributed by atoms with van der Waals surface area (Å²) < 4.78 is 11.2. The fraction of sp³-hybridized carbons (Fsp3) is 0.125. The number of ether oxygens (including phenoxy) is 2. The van der Waals surface area contributed by atoms with Crippen molar-refractivity contribution in [2.75, 3.05) is 14.2 Å². The van der Waals surface area contributed by atoms with Gasteiger partial charge in [0.2, 0.25) is 0 Å². The average molecular weight is 363 g/mol. The summed E-state index contributed by atoms with van der Waals surface area (Å²) in [5.41, 5.74) is 3.79. The molecule has 2 rings (SSSR count). The van der Waals surface area contributed by atoms with E-state index in [4.69, 9.17) is 9.47 Å². The van der Waals surface area contributed by atoms with Gasteiger partial charge >= 0.3 is 0 Å². The molecule has 0 aromatic heterocycles. The van der Waals surface area contributed by atoms with Gasteiger partial charge in [-0.2, -0.15) is 5.10 Å². The van der Waals surface area contributed by atoms with Crippen LogP contribution in [-0.4, -0.2) is 26.3 Å². The van der Waals surface area contributed by atoms with E-state index in [1.54, 1.807) is 31.5 Å². The standard InChI is InChI=1S/C16H15BrN2O3/c1-21-14-7-6-12(9-15(14)22-2)16(20)19-18-10-11-4-3-5-13(17)8-11/h3-10H,1-2H3,(H,19,20). The number of hydrazone groups is 1. The molecule has 0 aliphatic carbocycles. The number of nitrogens with zero attached hydrogens (tertiary/aromatic N) is 1. The van der Waals surface area contributed by atoms with Crippen LogP contribution in [0.3, 0.4) is 0 Å². The van der Waals surface area contributed by atoms with E-state index >= 15 is 0 Å². The second kappa shape index (κ2) is 7.61. The first-order valence-corrected chi connectivity index (χ1v) is 7.24. The van der Waals surface area contributed by atoms with Crippen LogP contribution in [0.4, 0.5) is 0 Å². The molecule has 5 nitrogen and oxygen atoms in total. The van der Waals surface area contributed by atoms with Gasteiger partial charge in [-0.1, -0.05) is 28.1 Å². The van der Waals surface area contributed by atoms with Gasteiger partial charge in [0.05, 0.1) is 20.4 Å². The maximum absolute atomic E-state index is 12.0. The number of nitrogens with one attached hydrogen (secondary N) is 1. The maximum atomic E-state index is 12.0.